The lowest BCUT2D eigenvalue weighted by Crippen LogP contribution is -2.01. The quantitative estimate of drug-likeness (QED) is 0.161. The van der Waals surface area contributed by atoms with Crippen LogP contribution in [-0.2, 0) is 4.74 Å². The smallest absolute Gasteiger partial charge is 0.337 e. The molecule has 0 aliphatic carbocycles. The van der Waals surface area contributed by atoms with Gasteiger partial charge in [-0.05, 0) is 60.0 Å². The number of halogens is 1. The zero-order chi connectivity index (χ0) is 27.2. The van der Waals surface area contributed by atoms with Gasteiger partial charge in [0.25, 0.3) is 0 Å². The highest BCUT2D eigenvalue weighted by Gasteiger charge is 2.14. The zero-order valence-electron chi connectivity index (χ0n) is 22.0. The molecular formula is C30H30ClN3O3S. The summed E-state index contributed by atoms with van der Waals surface area (Å²) in [5.74, 6) is 0.920. The molecule has 0 aliphatic heterocycles. The molecule has 0 fully saturated rings. The molecule has 4 rings (SSSR count). The lowest BCUT2D eigenvalue weighted by Gasteiger charge is -2.17. The third kappa shape index (κ3) is 6.41. The first-order chi connectivity index (χ1) is 18.3. The second-order valence-electron chi connectivity index (χ2n) is 8.90. The number of ether oxygens (including phenoxy) is 2. The maximum Gasteiger partial charge on any atom is 0.337 e. The van der Waals surface area contributed by atoms with E-state index in [1.165, 1.54) is 7.11 Å². The summed E-state index contributed by atoms with van der Waals surface area (Å²) in [6.45, 7) is 6.36. The summed E-state index contributed by atoms with van der Waals surface area (Å²) in [5.41, 5.74) is 6.01. The van der Waals surface area contributed by atoms with Gasteiger partial charge >= 0.3 is 5.97 Å². The second kappa shape index (κ2) is 12.2. The Hall–Kier alpha value is -3.68. The molecule has 38 heavy (non-hydrogen) atoms. The first-order valence-electron chi connectivity index (χ1n) is 12.1. The average Bonchev–Trinajstić information content (AvgIpc) is 2.91. The number of nitrogens with one attached hydrogen (secondary N) is 2. The molecule has 1 aromatic heterocycles. The summed E-state index contributed by atoms with van der Waals surface area (Å²) in [5, 5.41) is 7.81. The van der Waals surface area contributed by atoms with Crippen LogP contribution < -0.4 is 15.4 Å². The van der Waals surface area contributed by atoms with Crippen molar-refractivity contribution in [2.75, 3.05) is 24.9 Å². The van der Waals surface area contributed by atoms with Crippen molar-refractivity contribution in [3.05, 3.63) is 89.1 Å². The molecule has 0 saturated heterocycles. The number of benzene rings is 3. The van der Waals surface area contributed by atoms with Gasteiger partial charge in [0, 0.05) is 16.2 Å². The van der Waals surface area contributed by atoms with Crippen molar-refractivity contribution in [2.45, 2.75) is 30.9 Å². The van der Waals surface area contributed by atoms with Crippen molar-refractivity contribution in [1.29, 1.82) is 0 Å². The molecule has 0 bridgehead atoms. The number of para-hydroxylation sites is 1. The Labute approximate surface area is 232 Å². The minimum Gasteiger partial charge on any atom is -0.495 e. The van der Waals surface area contributed by atoms with Gasteiger partial charge in [0.1, 0.15) is 11.6 Å². The highest BCUT2D eigenvalue weighted by molar-refractivity contribution is 8.00. The number of aromatic nitrogens is 1. The first kappa shape index (κ1) is 27.4. The molecule has 1 heterocycles. The van der Waals surface area contributed by atoms with Crippen LogP contribution in [0.15, 0.2) is 77.8 Å². The average molecular weight is 548 g/mol. The SMILES string of the molecule is COC(=O)c1ccc(-c2cc(OC)c(Nc3cc(Nc4ccccc4SC(C)C)c(Cl)cn3)cc2C)cc1. The van der Waals surface area contributed by atoms with Crippen LogP contribution in [0, 0.1) is 6.92 Å². The number of hydrogen-bond acceptors (Lipinski definition) is 7. The van der Waals surface area contributed by atoms with E-state index in [2.05, 4.69) is 35.5 Å². The van der Waals surface area contributed by atoms with E-state index < -0.39 is 0 Å². The standard InChI is InChI=1S/C30H30ClN3O3S/c1-18(2)38-28-9-7-6-8-24(28)33-25-16-29(32-17-23(25)31)34-26-14-19(3)22(15-27(26)36-4)20-10-12-21(13-11-20)30(35)37-5/h6-18H,1-5H3,(H2,32,33,34). The predicted molar refractivity (Wildman–Crippen MR) is 158 cm³/mol. The largest absolute Gasteiger partial charge is 0.495 e. The van der Waals surface area contributed by atoms with Crippen molar-refractivity contribution in [3.63, 3.8) is 0 Å². The molecule has 0 atom stereocenters. The molecule has 8 heteroatoms. The van der Waals surface area contributed by atoms with Crippen molar-refractivity contribution >= 4 is 52.2 Å². The van der Waals surface area contributed by atoms with Gasteiger partial charge in [-0.2, -0.15) is 0 Å². The van der Waals surface area contributed by atoms with Gasteiger partial charge in [-0.1, -0.05) is 49.7 Å². The van der Waals surface area contributed by atoms with E-state index in [1.807, 2.05) is 55.5 Å². The fraction of sp³-hybridized carbons (Fsp3) is 0.200. The molecule has 0 unspecified atom stereocenters. The van der Waals surface area contributed by atoms with E-state index in [-0.39, 0.29) is 5.97 Å². The molecular weight excluding hydrogens is 518 g/mol. The van der Waals surface area contributed by atoms with Crippen LogP contribution in [0.2, 0.25) is 5.02 Å². The maximum atomic E-state index is 11.8. The van der Waals surface area contributed by atoms with Crippen LogP contribution in [0.3, 0.4) is 0 Å². The van der Waals surface area contributed by atoms with Crippen LogP contribution in [0.4, 0.5) is 22.9 Å². The number of rotatable bonds is 9. The van der Waals surface area contributed by atoms with Crippen LogP contribution in [-0.4, -0.2) is 30.4 Å². The van der Waals surface area contributed by atoms with Gasteiger partial charge in [0.05, 0.1) is 48.1 Å². The van der Waals surface area contributed by atoms with Gasteiger partial charge in [-0.25, -0.2) is 9.78 Å². The summed E-state index contributed by atoms with van der Waals surface area (Å²) in [6.07, 6.45) is 1.63. The van der Waals surface area contributed by atoms with Crippen molar-refractivity contribution in [1.82, 2.24) is 4.98 Å². The minimum atomic E-state index is -0.364. The van der Waals surface area contributed by atoms with Crippen LogP contribution in [0.25, 0.3) is 11.1 Å². The Bertz CT molecular complexity index is 1440. The van der Waals surface area contributed by atoms with Gasteiger partial charge < -0.3 is 20.1 Å². The van der Waals surface area contributed by atoms with Gasteiger partial charge in [0.2, 0.25) is 0 Å². The first-order valence-corrected chi connectivity index (χ1v) is 13.4. The second-order valence-corrected chi connectivity index (χ2v) is 10.9. The minimum absolute atomic E-state index is 0.364. The molecule has 6 nitrogen and oxygen atoms in total. The van der Waals surface area contributed by atoms with Gasteiger partial charge in [-0.3, -0.25) is 0 Å². The molecule has 0 saturated carbocycles. The molecule has 0 aliphatic rings. The number of nitrogens with zero attached hydrogens (tertiary/aromatic N) is 1. The number of pyridine rings is 1. The molecule has 0 spiro atoms. The summed E-state index contributed by atoms with van der Waals surface area (Å²) >= 11 is 8.30. The van der Waals surface area contributed by atoms with Crippen LogP contribution in [0.1, 0.15) is 29.8 Å². The van der Waals surface area contributed by atoms with E-state index in [1.54, 1.807) is 37.2 Å². The van der Waals surface area contributed by atoms with Crippen LogP contribution >= 0.6 is 23.4 Å². The molecule has 2 N–H and O–H groups in total. The monoisotopic (exact) mass is 547 g/mol. The fourth-order valence-corrected chi connectivity index (χ4v) is 5.04. The third-order valence-corrected chi connectivity index (χ3v) is 7.18. The number of aryl methyl sites for hydroxylation is 1. The molecule has 0 amide bonds. The van der Waals surface area contributed by atoms with Crippen molar-refractivity contribution in [3.8, 4) is 16.9 Å². The van der Waals surface area contributed by atoms with E-state index >= 15 is 0 Å². The van der Waals surface area contributed by atoms with E-state index in [4.69, 9.17) is 21.1 Å². The highest BCUT2D eigenvalue weighted by Crippen LogP contribution is 2.38. The Morgan fingerprint density at radius 1 is 0.947 bits per heavy atom. The number of anilines is 4. The number of carbonyl (C=O) groups excluding carboxylic acids is 1. The maximum absolute atomic E-state index is 11.8. The highest BCUT2D eigenvalue weighted by atomic mass is 35.5. The summed E-state index contributed by atoms with van der Waals surface area (Å²) in [7, 11) is 3.00. The van der Waals surface area contributed by atoms with Crippen molar-refractivity contribution in [2.24, 2.45) is 0 Å². The Balaban J connectivity index is 1.61. The van der Waals surface area contributed by atoms with Crippen molar-refractivity contribution < 1.29 is 14.3 Å². The normalized spacial score (nSPS) is 10.8. The number of hydrogen-bond donors (Lipinski definition) is 2. The number of esters is 1. The van der Waals surface area contributed by atoms with Gasteiger partial charge in [-0.15, -0.1) is 11.8 Å². The van der Waals surface area contributed by atoms with E-state index in [9.17, 15) is 4.79 Å². The number of thioether (sulfide) groups is 1. The summed E-state index contributed by atoms with van der Waals surface area (Å²) in [4.78, 5) is 17.4. The fourth-order valence-electron chi connectivity index (χ4n) is 3.98. The lowest BCUT2D eigenvalue weighted by molar-refractivity contribution is 0.0600. The molecule has 196 valence electrons. The lowest BCUT2D eigenvalue weighted by atomic mass is 9.98. The van der Waals surface area contributed by atoms with E-state index in [0.717, 1.165) is 38.6 Å². The Morgan fingerprint density at radius 3 is 2.37 bits per heavy atom. The molecule has 0 radical (unpaired) electrons. The Morgan fingerprint density at radius 2 is 1.68 bits per heavy atom. The predicted octanol–water partition coefficient (Wildman–Crippen LogP) is 8.49. The van der Waals surface area contributed by atoms with E-state index in [0.29, 0.717) is 27.4 Å². The molecule has 4 aromatic rings. The number of carbonyl (C=O) groups is 1. The summed E-state index contributed by atoms with van der Waals surface area (Å²) < 4.78 is 10.5. The van der Waals surface area contributed by atoms with Crippen LogP contribution in [0.5, 0.6) is 5.75 Å². The number of methoxy groups -OCH3 is 2. The summed E-state index contributed by atoms with van der Waals surface area (Å²) in [6, 6.07) is 21.3. The zero-order valence-corrected chi connectivity index (χ0v) is 23.5. The molecule has 3 aromatic carbocycles. The Kier molecular flexibility index (Phi) is 8.81. The third-order valence-electron chi connectivity index (χ3n) is 5.80. The topological polar surface area (TPSA) is 72.5 Å². The van der Waals surface area contributed by atoms with Gasteiger partial charge in [0.15, 0.2) is 0 Å².